The first-order valence-electron chi connectivity index (χ1n) is 15.1. The molecule has 11 heteroatoms. The molecule has 0 saturated carbocycles. The van der Waals surface area contributed by atoms with Crippen LogP contribution in [0.2, 0.25) is 0 Å². The van der Waals surface area contributed by atoms with E-state index in [0.29, 0.717) is 86.9 Å². The second-order valence-electron chi connectivity index (χ2n) is 11.3. The Labute approximate surface area is 265 Å². The van der Waals surface area contributed by atoms with Crippen LogP contribution in [0.3, 0.4) is 0 Å². The maximum atomic E-state index is 14.1. The molecule has 0 bridgehead atoms. The molecule has 0 unspecified atom stereocenters. The molecule has 1 atom stereocenters. The number of halogens is 1. The predicted molar refractivity (Wildman–Crippen MR) is 174 cm³/mol. The van der Waals surface area contributed by atoms with Gasteiger partial charge in [-0.05, 0) is 41.5 Å². The molecule has 0 spiro atoms. The third-order valence-corrected chi connectivity index (χ3v) is 8.78. The zero-order chi connectivity index (χ0) is 30.9. The van der Waals surface area contributed by atoms with Gasteiger partial charge in [-0.2, -0.15) is 0 Å². The number of hydrogen-bond donors (Lipinski definition) is 3. The number of fused-ring (bicyclic) bond motifs is 4. The molecule has 1 saturated heterocycles. The second-order valence-corrected chi connectivity index (χ2v) is 11.6. The van der Waals surface area contributed by atoms with Crippen LogP contribution >= 0.6 is 11.6 Å². The van der Waals surface area contributed by atoms with Gasteiger partial charge in [0.15, 0.2) is 0 Å². The zero-order valence-electron chi connectivity index (χ0n) is 24.7. The van der Waals surface area contributed by atoms with E-state index < -0.39 is 0 Å². The molecule has 10 nitrogen and oxygen atoms in total. The Morgan fingerprint density at radius 1 is 0.956 bits per heavy atom. The van der Waals surface area contributed by atoms with Crippen LogP contribution in [0.15, 0.2) is 66.7 Å². The summed E-state index contributed by atoms with van der Waals surface area (Å²) in [5, 5.41) is 1.69. The first-order chi connectivity index (χ1) is 22.0. The lowest BCUT2D eigenvalue weighted by Gasteiger charge is -2.26. The maximum Gasteiger partial charge on any atom is 0.274 e. The molecule has 232 valence electrons. The van der Waals surface area contributed by atoms with Crippen molar-refractivity contribution in [3.8, 4) is 11.5 Å². The predicted octanol–water partition coefficient (Wildman–Crippen LogP) is 5.02. The number of rotatable bonds is 9. The van der Waals surface area contributed by atoms with Crippen molar-refractivity contribution in [3.05, 3.63) is 89.2 Å². The SMILES string of the molecule is NCCOc1ccc2[nH]c(C(=O)N3C[C@@H](CCl)c4c3cc(OCc3ccccc3)c3[nH]c(C(=O)N5CCOCC5)cc43)cc2c1. The number of amides is 2. The van der Waals surface area contributed by atoms with Gasteiger partial charge in [-0.25, -0.2) is 0 Å². The molecule has 2 amide bonds. The molecule has 2 aliphatic rings. The molecule has 1 fully saturated rings. The van der Waals surface area contributed by atoms with Gasteiger partial charge >= 0.3 is 0 Å². The molecular formula is C34H34ClN5O5. The molecule has 2 aliphatic heterocycles. The quantitative estimate of drug-likeness (QED) is 0.197. The molecule has 45 heavy (non-hydrogen) atoms. The van der Waals surface area contributed by atoms with Crippen molar-refractivity contribution in [2.45, 2.75) is 12.5 Å². The second kappa shape index (κ2) is 12.5. The van der Waals surface area contributed by atoms with E-state index in [0.717, 1.165) is 33.1 Å². The van der Waals surface area contributed by atoms with Crippen molar-refractivity contribution in [3.63, 3.8) is 0 Å². The highest BCUT2D eigenvalue weighted by Gasteiger charge is 2.37. The number of aromatic amines is 2. The van der Waals surface area contributed by atoms with E-state index in [2.05, 4.69) is 9.97 Å². The van der Waals surface area contributed by atoms with Crippen molar-refractivity contribution in [1.29, 1.82) is 0 Å². The molecule has 2 aromatic heterocycles. The number of anilines is 1. The Balaban J connectivity index is 1.29. The molecule has 4 N–H and O–H groups in total. The number of hydrogen-bond acceptors (Lipinski definition) is 6. The topological polar surface area (TPSA) is 126 Å². The van der Waals surface area contributed by atoms with Crippen molar-refractivity contribution >= 4 is 50.9 Å². The minimum atomic E-state index is -0.182. The normalized spacial score (nSPS) is 16.4. The molecule has 5 aromatic rings. The van der Waals surface area contributed by atoms with Crippen LogP contribution < -0.4 is 20.1 Å². The Kier molecular flexibility index (Phi) is 8.10. The number of nitrogens with one attached hydrogen (secondary N) is 2. The van der Waals surface area contributed by atoms with E-state index in [4.69, 9.17) is 31.5 Å². The number of carbonyl (C=O) groups excluding carboxylic acids is 2. The summed E-state index contributed by atoms with van der Waals surface area (Å²) in [4.78, 5) is 37.8. The largest absolute Gasteiger partial charge is 0.492 e. The molecule has 3 aromatic carbocycles. The molecule has 0 aliphatic carbocycles. The van der Waals surface area contributed by atoms with Gasteiger partial charge in [0.05, 0.1) is 24.4 Å². The number of nitrogens with zero attached hydrogens (tertiary/aromatic N) is 2. The van der Waals surface area contributed by atoms with E-state index in [-0.39, 0.29) is 17.7 Å². The van der Waals surface area contributed by atoms with Crippen LogP contribution in [0.25, 0.3) is 21.8 Å². The lowest BCUT2D eigenvalue weighted by molar-refractivity contribution is 0.0299. The number of nitrogens with two attached hydrogens (primary N) is 1. The van der Waals surface area contributed by atoms with Gasteiger partial charge in [-0.3, -0.25) is 9.59 Å². The highest BCUT2D eigenvalue weighted by molar-refractivity contribution is 6.19. The third-order valence-electron chi connectivity index (χ3n) is 8.41. The Bertz CT molecular complexity index is 1860. The van der Waals surface area contributed by atoms with E-state index in [1.54, 1.807) is 9.80 Å². The maximum absolute atomic E-state index is 14.1. The first kappa shape index (κ1) is 29.2. The van der Waals surface area contributed by atoms with Gasteiger partial charge in [0.25, 0.3) is 11.8 Å². The van der Waals surface area contributed by atoms with E-state index in [9.17, 15) is 9.59 Å². The monoisotopic (exact) mass is 627 g/mol. The number of alkyl halides is 1. The fourth-order valence-electron chi connectivity index (χ4n) is 6.19. The molecule has 7 rings (SSSR count). The Hall–Kier alpha value is -4.51. The van der Waals surface area contributed by atoms with Crippen LogP contribution in [-0.4, -0.2) is 78.6 Å². The average molecular weight is 628 g/mol. The Morgan fingerprint density at radius 3 is 2.53 bits per heavy atom. The lowest BCUT2D eigenvalue weighted by atomic mass is 9.98. The van der Waals surface area contributed by atoms with Gasteiger partial charge in [-0.1, -0.05) is 30.3 Å². The van der Waals surface area contributed by atoms with Gasteiger partial charge in [-0.15, -0.1) is 11.6 Å². The highest BCUT2D eigenvalue weighted by atomic mass is 35.5. The zero-order valence-corrected chi connectivity index (χ0v) is 25.4. The van der Waals surface area contributed by atoms with Crippen LogP contribution in [-0.2, 0) is 11.3 Å². The third kappa shape index (κ3) is 5.61. The Morgan fingerprint density at radius 2 is 1.76 bits per heavy atom. The lowest BCUT2D eigenvalue weighted by Crippen LogP contribution is -2.40. The van der Waals surface area contributed by atoms with Crippen LogP contribution in [0.4, 0.5) is 5.69 Å². The minimum Gasteiger partial charge on any atom is -0.492 e. The standard InChI is InChI=1S/C34H34ClN5O5/c35-18-23-19-40(34(42)27-15-22-14-24(44-11-8-36)6-7-26(22)37-27)29-17-30(45-20-21-4-2-1-3-5-21)32-25(31(23)29)16-28(38-32)33(41)39-9-12-43-13-10-39/h1-7,14-17,23,37-38H,8-13,18-20,36H2/t23-/m1/s1. The summed E-state index contributed by atoms with van der Waals surface area (Å²) >= 11 is 6.55. The van der Waals surface area contributed by atoms with E-state index in [1.165, 1.54) is 0 Å². The summed E-state index contributed by atoms with van der Waals surface area (Å²) in [6, 6.07) is 21.1. The van der Waals surface area contributed by atoms with Gasteiger partial charge in [0, 0.05) is 60.3 Å². The number of aromatic nitrogens is 2. The summed E-state index contributed by atoms with van der Waals surface area (Å²) in [6.45, 7) is 3.62. The summed E-state index contributed by atoms with van der Waals surface area (Å²) in [5.41, 5.74) is 10.7. The summed E-state index contributed by atoms with van der Waals surface area (Å²) < 4.78 is 17.5. The summed E-state index contributed by atoms with van der Waals surface area (Å²) in [6.07, 6.45) is 0. The van der Waals surface area contributed by atoms with Crippen LogP contribution in [0, 0.1) is 0 Å². The van der Waals surface area contributed by atoms with Gasteiger partial charge in [0.2, 0.25) is 0 Å². The van der Waals surface area contributed by atoms with Crippen molar-refractivity contribution < 1.29 is 23.8 Å². The first-order valence-corrected chi connectivity index (χ1v) is 15.6. The molecule has 0 radical (unpaired) electrons. The number of morpholine rings is 1. The minimum absolute atomic E-state index is 0.0986. The van der Waals surface area contributed by atoms with E-state index >= 15 is 0 Å². The van der Waals surface area contributed by atoms with Crippen LogP contribution in [0.5, 0.6) is 11.5 Å². The van der Waals surface area contributed by atoms with Crippen LogP contribution in [0.1, 0.15) is 38.0 Å². The fraction of sp³-hybridized carbons (Fsp3) is 0.294. The number of benzene rings is 3. The van der Waals surface area contributed by atoms with Crippen molar-refractivity contribution in [2.24, 2.45) is 5.73 Å². The van der Waals surface area contributed by atoms with Crippen molar-refractivity contribution in [2.75, 3.05) is 56.8 Å². The van der Waals surface area contributed by atoms with Crippen molar-refractivity contribution in [1.82, 2.24) is 14.9 Å². The van der Waals surface area contributed by atoms with Gasteiger partial charge < -0.3 is 39.7 Å². The number of ether oxygens (including phenoxy) is 3. The summed E-state index contributed by atoms with van der Waals surface area (Å²) in [7, 11) is 0. The summed E-state index contributed by atoms with van der Waals surface area (Å²) in [5.74, 6) is 1.13. The molecular weight excluding hydrogens is 594 g/mol. The number of H-pyrrole nitrogens is 2. The molecule has 4 heterocycles. The average Bonchev–Trinajstić information content (AvgIpc) is 3.81. The smallest absolute Gasteiger partial charge is 0.274 e. The highest BCUT2D eigenvalue weighted by Crippen LogP contribution is 2.46. The fourth-order valence-corrected chi connectivity index (χ4v) is 6.45. The van der Waals surface area contributed by atoms with E-state index in [1.807, 2.05) is 66.7 Å². The van der Waals surface area contributed by atoms with Gasteiger partial charge in [0.1, 0.15) is 36.1 Å². The number of carbonyl (C=O) groups is 2.